The van der Waals surface area contributed by atoms with E-state index in [0.717, 1.165) is 12.5 Å². The molecule has 2 saturated carbocycles. The second-order valence-corrected chi connectivity index (χ2v) is 8.68. The summed E-state index contributed by atoms with van der Waals surface area (Å²) in [6.45, 7) is 16.9. The predicted octanol–water partition coefficient (Wildman–Crippen LogP) is 3.70. The van der Waals surface area contributed by atoms with Gasteiger partial charge in [-0.2, -0.15) is 0 Å². The van der Waals surface area contributed by atoms with Crippen molar-refractivity contribution in [1.82, 2.24) is 0 Å². The normalized spacial score (nSPS) is 33.0. The summed E-state index contributed by atoms with van der Waals surface area (Å²) < 4.78 is 6.45. The van der Waals surface area contributed by atoms with E-state index in [0.29, 0.717) is 16.9 Å². The van der Waals surface area contributed by atoms with Crippen LogP contribution in [0.1, 0.15) is 79.6 Å². The van der Waals surface area contributed by atoms with Gasteiger partial charge in [0.15, 0.2) is 0 Å². The van der Waals surface area contributed by atoms with Gasteiger partial charge in [-0.25, -0.2) is 0 Å². The molecule has 0 unspecified atom stereocenters. The molecule has 2 bridgehead atoms. The second kappa shape index (κ2) is 7.66. The zero-order valence-corrected chi connectivity index (χ0v) is 15.8. The fourth-order valence-electron chi connectivity index (χ4n) is 4.96. The Hall–Kier alpha value is -0.0800. The first-order valence-electron chi connectivity index (χ1n) is 9.90. The van der Waals surface area contributed by atoms with E-state index in [9.17, 15) is 0 Å². The van der Waals surface area contributed by atoms with Gasteiger partial charge < -0.3 is 9.64 Å². The van der Waals surface area contributed by atoms with Crippen molar-refractivity contribution >= 4 is 0 Å². The molecule has 0 aromatic carbocycles. The molecule has 0 aromatic rings. The van der Waals surface area contributed by atoms with Crippen LogP contribution >= 0.6 is 0 Å². The molecule has 2 fully saturated rings. The highest BCUT2D eigenvalue weighted by molar-refractivity contribution is 5.11. The smallest absolute Gasteiger partial charge is 0.101 e. The van der Waals surface area contributed by atoms with Gasteiger partial charge in [-0.3, -0.25) is 0 Å². The van der Waals surface area contributed by atoms with Crippen molar-refractivity contribution in [3.05, 3.63) is 0 Å². The third-order valence-corrected chi connectivity index (χ3v) is 7.26. The van der Waals surface area contributed by atoms with Gasteiger partial charge in [0.25, 0.3) is 0 Å². The average Bonchev–Trinajstić information content (AvgIpc) is 2.82. The minimum atomic E-state index is 0.421. The van der Waals surface area contributed by atoms with E-state index in [-0.39, 0.29) is 0 Å². The predicted molar refractivity (Wildman–Crippen MR) is 94.3 cm³/mol. The molecule has 2 rings (SSSR count). The molecule has 0 heterocycles. The maximum absolute atomic E-state index is 6.45. The van der Waals surface area contributed by atoms with Crippen LogP contribution in [0.4, 0.5) is 0 Å². The third-order valence-electron chi connectivity index (χ3n) is 7.26. The van der Waals surface area contributed by atoms with Crippen LogP contribution in [0.2, 0.25) is 0 Å². The van der Waals surface area contributed by atoms with Crippen molar-refractivity contribution in [2.45, 2.75) is 85.7 Å². The summed E-state index contributed by atoms with van der Waals surface area (Å²) >= 11 is 0. The van der Waals surface area contributed by atoms with Crippen LogP contribution in [-0.2, 0) is 4.74 Å². The Morgan fingerprint density at radius 1 is 1.00 bits per heavy atom. The Labute approximate surface area is 139 Å². The first-order valence-corrected chi connectivity index (χ1v) is 9.90. The van der Waals surface area contributed by atoms with E-state index in [2.05, 4.69) is 34.6 Å². The lowest BCUT2D eigenvalue weighted by molar-refractivity contribution is -0.901. The monoisotopic (exact) mass is 310 g/mol. The average molecular weight is 311 g/mol. The van der Waals surface area contributed by atoms with Crippen LogP contribution < -0.4 is 4.90 Å². The van der Waals surface area contributed by atoms with Gasteiger partial charge in [-0.15, -0.1) is 0 Å². The number of unbranched alkanes of at least 4 members (excludes halogenated alkanes) is 2. The maximum Gasteiger partial charge on any atom is 0.101 e. The third kappa shape index (κ3) is 3.53. The number of hydrogen-bond donors (Lipinski definition) is 1. The highest BCUT2D eigenvalue weighted by Crippen LogP contribution is 2.66. The molecule has 0 amide bonds. The summed E-state index contributed by atoms with van der Waals surface area (Å²) in [7, 11) is 0. The van der Waals surface area contributed by atoms with E-state index in [1.165, 1.54) is 64.6 Å². The van der Waals surface area contributed by atoms with Gasteiger partial charge in [-0.05, 0) is 48.9 Å². The van der Waals surface area contributed by atoms with Crippen LogP contribution in [0.25, 0.3) is 0 Å². The van der Waals surface area contributed by atoms with E-state index < -0.39 is 0 Å². The van der Waals surface area contributed by atoms with Gasteiger partial charge in [0.2, 0.25) is 0 Å². The Morgan fingerprint density at radius 2 is 1.64 bits per heavy atom. The zero-order valence-electron chi connectivity index (χ0n) is 15.8. The summed E-state index contributed by atoms with van der Waals surface area (Å²) in [6.07, 6.45) is 9.96. The lowest BCUT2D eigenvalue weighted by Gasteiger charge is -2.39. The zero-order chi connectivity index (χ0) is 16.2. The summed E-state index contributed by atoms with van der Waals surface area (Å²) in [5, 5.41) is 0. The van der Waals surface area contributed by atoms with Crippen molar-refractivity contribution < 1.29 is 9.64 Å². The summed E-state index contributed by atoms with van der Waals surface area (Å²) in [5.41, 5.74) is 0.902. The van der Waals surface area contributed by atoms with Crippen molar-refractivity contribution in [3.63, 3.8) is 0 Å². The maximum atomic E-state index is 6.45. The Morgan fingerprint density at radius 3 is 2.09 bits per heavy atom. The van der Waals surface area contributed by atoms with Gasteiger partial charge >= 0.3 is 0 Å². The Balaban J connectivity index is 1.78. The molecule has 0 spiro atoms. The molecule has 2 aliphatic rings. The first kappa shape index (κ1) is 18.3. The number of hydrogen-bond acceptors (Lipinski definition) is 1. The molecule has 3 atom stereocenters. The highest BCUT2D eigenvalue weighted by atomic mass is 16.5. The van der Waals surface area contributed by atoms with Crippen molar-refractivity contribution in [1.29, 1.82) is 0 Å². The lowest BCUT2D eigenvalue weighted by atomic mass is 9.70. The van der Waals surface area contributed by atoms with Gasteiger partial charge in [0, 0.05) is 0 Å². The topological polar surface area (TPSA) is 13.7 Å². The van der Waals surface area contributed by atoms with Crippen LogP contribution in [0.15, 0.2) is 0 Å². The molecule has 2 heteroatoms. The molecular formula is C20H40NO+. The standard InChI is InChI=1S/C20H39NO/c1-6-8-12-21(13-9-7-2)14-15-22-18-16-17-10-11-20(18,5)19(17,3)4/h17-18H,6-16H2,1-5H3/p+1/t17-,18+,20-/m0/s1. The number of rotatable bonds is 10. The van der Waals surface area contributed by atoms with Gasteiger partial charge in [0.1, 0.15) is 6.54 Å². The largest absolute Gasteiger partial charge is 0.372 e. The Bertz CT molecular complexity index is 333. The fraction of sp³-hybridized carbons (Fsp3) is 1.00. The summed E-state index contributed by atoms with van der Waals surface area (Å²) in [4.78, 5) is 1.76. The molecule has 130 valence electrons. The fourth-order valence-corrected chi connectivity index (χ4v) is 4.96. The molecular weight excluding hydrogens is 270 g/mol. The van der Waals surface area contributed by atoms with Crippen molar-refractivity contribution in [2.75, 3.05) is 26.2 Å². The molecule has 22 heavy (non-hydrogen) atoms. The molecule has 1 N–H and O–H groups in total. The number of fused-ring (bicyclic) bond motifs is 2. The van der Waals surface area contributed by atoms with E-state index in [1.807, 2.05) is 0 Å². The molecule has 0 radical (unpaired) electrons. The highest BCUT2D eigenvalue weighted by Gasteiger charge is 2.61. The van der Waals surface area contributed by atoms with Crippen LogP contribution in [-0.4, -0.2) is 32.3 Å². The molecule has 0 aliphatic heterocycles. The van der Waals surface area contributed by atoms with E-state index in [1.54, 1.807) is 4.90 Å². The van der Waals surface area contributed by atoms with Gasteiger partial charge in [-0.1, -0.05) is 47.5 Å². The minimum Gasteiger partial charge on any atom is -0.372 e. The molecule has 0 aromatic heterocycles. The summed E-state index contributed by atoms with van der Waals surface area (Å²) in [6, 6.07) is 0. The SMILES string of the molecule is CCCC[NH+](CCCC)CCO[C@@H]1C[C@@H]2CC[C@]1(C)C2(C)C. The quantitative estimate of drug-likeness (QED) is 0.649. The lowest BCUT2D eigenvalue weighted by Crippen LogP contribution is -3.12. The van der Waals surface area contributed by atoms with Gasteiger partial charge in [0.05, 0.1) is 25.8 Å². The van der Waals surface area contributed by atoms with Crippen LogP contribution in [0.3, 0.4) is 0 Å². The van der Waals surface area contributed by atoms with E-state index >= 15 is 0 Å². The first-order chi connectivity index (χ1) is 10.5. The molecule has 0 saturated heterocycles. The van der Waals surface area contributed by atoms with Crippen LogP contribution in [0.5, 0.6) is 0 Å². The van der Waals surface area contributed by atoms with Crippen LogP contribution in [0, 0.1) is 16.7 Å². The molecule has 2 aliphatic carbocycles. The number of ether oxygens (including phenoxy) is 1. The number of nitrogens with one attached hydrogen (secondary N) is 1. The van der Waals surface area contributed by atoms with Crippen molar-refractivity contribution in [2.24, 2.45) is 16.7 Å². The Kier molecular flexibility index (Phi) is 6.36. The van der Waals surface area contributed by atoms with Crippen molar-refractivity contribution in [3.8, 4) is 0 Å². The van der Waals surface area contributed by atoms with E-state index in [4.69, 9.17) is 4.74 Å². The molecule has 2 nitrogen and oxygen atoms in total. The number of quaternary nitrogens is 1. The summed E-state index contributed by atoms with van der Waals surface area (Å²) in [5.74, 6) is 0.895. The second-order valence-electron chi connectivity index (χ2n) is 8.68. The minimum absolute atomic E-state index is 0.421.